The second-order valence-corrected chi connectivity index (χ2v) is 12.1. The number of ketones is 1. The molecule has 1 aliphatic rings. The molecule has 0 saturated heterocycles. The average molecular weight is 797 g/mol. The number of halogens is 6. The van der Waals surface area contributed by atoms with Crippen molar-refractivity contribution < 1.29 is 19.2 Å². The van der Waals surface area contributed by atoms with E-state index in [1.807, 2.05) is 13.8 Å². The number of carbonyl (C=O) groups is 4. The Morgan fingerprint density at radius 2 is 1.30 bits per heavy atom. The second-order valence-electron chi connectivity index (χ2n) is 8.14. The van der Waals surface area contributed by atoms with Crippen molar-refractivity contribution in [1.29, 1.82) is 0 Å². The van der Waals surface area contributed by atoms with Crippen molar-refractivity contribution in [3.8, 4) is 0 Å². The Morgan fingerprint density at radius 1 is 0.757 bits per heavy atom. The molecular weight excluding hydrogens is 783 g/mol. The standard InChI is InChI=1S/C25H14Br4Cl2N2O4/c1-10-3-4-12(7-11(10)2)16(34)9-32(23(35)13-5-6-14(30)15(31)8-13)33-24(36)17-18(25(33)37)20(27)22(29)21(28)19(17)26/h3-8H,9H2,1-2H3. The van der Waals surface area contributed by atoms with Crippen LogP contribution in [0.25, 0.3) is 0 Å². The zero-order valence-corrected chi connectivity index (χ0v) is 26.8. The molecule has 0 atom stereocenters. The van der Waals surface area contributed by atoms with E-state index in [2.05, 4.69) is 63.7 Å². The van der Waals surface area contributed by atoms with Gasteiger partial charge < -0.3 is 0 Å². The molecule has 0 fully saturated rings. The lowest BCUT2D eigenvalue weighted by Crippen LogP contribution is -2.51. The Morgan fingerprint density at radius 3 is 1.81 bits per heavy atom. The molecule has 0 saturated carbocycles. The minimum atomic E-state index is -0.782. The van der Waals surface area contributed by atoms with Gasteiger partial charge in [0.2, 0.25) is 0 Å². The molecule has 1 heterocycles. The molecule has 0 bridgehead atoms. The van der Waals surface area contributed by atoms with Crippen LogP contribution < -0.4 is 0 Å². The number of carbonyl (C=O) groups excluding carboxylic acids is 4. The van der Waals surface area contributed by atoms with Gasteiger partial charge >= 0.3 is 0 Å². The first-order chi connectivity index (χ1) is 17.3. The van der Waals surface area contributed by atoms with E-state index in [0.717, 1.165) is 16.1 Å². The average Bonchev–Trinajstić information content (AvgIpc) is 3.12. The van der Waals surface area contributed by atoms with E-state index in [9.17, 15) is 19.2 Å². The number of imide groups is 1. The lowest BCUT2D eigenvalue weighted by molar-refractivity contribution is 0.00527. The van der Waals surface area contributed by atoms with Gasteiger partial charge in [-0.15, -0.1) is 0 Å². The Hall–Kier alpha value is -1.56. The molecule has 3 aromatic carbocycles. The number of fused-ring (bicyclic) bond motifs is 1. The number of amides is 3. The largest absolute Gasteiger partial charge is 0.292 e. The highest BCUT2D eigenvalue weighted by atomic mass is 79.9. The van der Waals surface area contributed by atoms with Gasteiger partial charge in [0.25, 0.3) is 17.7 Å². The van der Waals surface area contributed by atoms with Crippen molar-refractivity contribution in [2.75, 3.05) is 6.54 Å². The van der Waals surface area contributed by atoms with Gasteiger partial charge in [-0.25, -0.2) is 5.01 Å². The van der Waals surface area contributed by atoms with Crippen molar-refractivity contribution in [2.45, 2.75) is 13.8 Å². The van der Waals surface area contributed by atoms with Crippen LogP contribution in [0.4, 0.5) is 0 Å². The molecule has 3 aromatic rings. The van der Waals surface area contributed by atoms with E-state index in [0.29, 0.717) is 28.5 Å². The normalized spacial score (nSPS) is 12.7. The molecule has 0 aromatic heterocycles. The summed E-state index contributed by atoms with van der Waals surface area (Å²) in [5, 5.41) is 1.85. The molecule has 0 unspecified atom stereocenters. The third-order valence-electron chi connectivity index (χ3n) is 5.84. The fraction of sp³-hybridized carbons (Fsp3) is 0.120. The fourth-order valence-corrected chi connectivity index (χ4v) is 6.47. The second kappa shape index (κ2) is 10.9. The molecule has 0 radical (unpaired) electrons. The summed E-state index contributed by atoms with van der Waals surface area (Å²) in [6.07, 6.45) is 0. The minimum Gasteiger partial charge on any atom is -0.292 e. The Balaban J connectivity index is 1.84. The van der Waals surface area contributed by atoms with Gasteiger partial charge in [0.05, 0.1) is 21.2 Å². The summed E-state index contributed by atoms with van der Waals surface area (Å²) in [7, 11) is 0. The molecule has 12 heteroatoms. The number of rotatable bonds is 5. The summed E-state index contributed by atoms with van der Waals surface area (Å²) in [5.74, 6) is -2.80. The molecule has 4 rings (SSSR count). The van der Waals surface area contributed by atoms with E-state index in [1.54, 1.807) is 18.2 Å². The van der Waals surface area contributed by atoms with E-state index in [1.165, 1.54) is 18.2 Å². The van der Waals surface area contributed by atoms with Gasteiger partial charge in [0.15, 0.2) is 5.78 Å². The first-order valence-corrected chi connectivity index (χ1v) is 14.4. The lowest BCUT2D eigenvalue weighted by Gasteiger charge is -2.29. The van der Waals surface area contributed by atoms with Crippen LogP contribution in [0.3, 0.4) is 0 Å². The van der Waals surface area contributed by atoms with Crippen LogP contribution in [0.15, 0.2) is 54.3 Å². The van der Waals surface area contributed by atoms with E-state index in [4.69, 9.17) is 23.2 Å². The van der Waals surface area contributed by atoms with Gasteiger partial charge in [-0.2, -0.15) is 5.01 Å². The van der Waals surface area contributed by atoms with Crippen LogP contribution in [0.2, 0.25) is 10.0 Å². The molecule has 37 heavy (non-hydrogen) atoms. The van der Waals surface area contributed by atoms with Gasteiger partial charge in [0.1, 0.15) is 6.54 Å². The number of hydrogen-bond donors (Lipinski definition) is 0. The highest BCUT2D eigenvalue weighted by Crippen LogP contribution is 2.45. The summed E-state index contributed by atoms with van der Waals surface area (Å²) >= 11 is 25.6. The lowest BCUT2D eigenvalue weighted by atomic mass is 10.0. The van der Waals surface area contributed by atoms with Gasteiger partial charge in [-0.05, 0) is 113 Å². The van der Waals surface area contributed by atoms with Crippen molar-refractivity contribution in [2.24, 2.45) is 0 Å². The molecule has 1 aliphatic heterocycles. The number of benzene rings is 3. The van der Waals surface area contributed by atoms with Crippen LogP contribution in [0, 0.1) is 13.8 Å². The third kappa shape index (κ3) is 5.08. The maximum atomic E-state index is 13.7. The van der Waals surface area contributed by atoms with Gasteiger partial charge in [-0.1, -0.05) is 35.3 Å². The fourth-order valence-electron chi connectivity index (χ4n) is 3.71. The monoisotopic (exact) mass is 792 g/mol. The molecule has 0 spiro atoms. The smallest absolute Gasteiger partial charge is 0.282 e. The minimum absolute atomic E-state index is 0.0394. The van der Waals surface area contributed by atoms with Crippen LogP contribution in [0.5, 0.6) is 0 Å². The highest BCUT2D eigenvalue weighted by Gasteiger charge is 2.46. The van der Waals surface area contributed by atoms with Crippen LogP contribution >= 0.6 is 86.9 Å². The number of Topliss-reactive ketones (excluding diaryl/α,β-unsaturated/α-hetero) is 1. The SMILES string of the molecule is Cc1ccc(C(=O)CN(C(=O)c2ccc(Cl)c(Cl)c2)N2C(=O)c3c(Br)c(Br)c(Br)c(Br)c3C2=O)cc1C. The van der Waals surface area contributed by atoms with Crippen molar-refractivity contribution in [3.05, 3.63) is 97.7 Å². The number of aryl methyl sites for hydroxylation is 2. The number of hydrogen-bond acceptors (Lipinski definition) is 4. The molecule has 0 N–H and O–H groups in total. The first-order valence-electron chi connectivity index (χ1n) is 10.5. The predicted octanol–water partition coefficient (Wildman–Crippen LogP) is 8.20. The molecular formula is C25H14Br4Cl2N2O4. The summed E-state index contributed by atoms with van der Waals surface area (Å²) in [6.45, 7) is 3.19. The summed E-state index contributed by atoms with van der Waals surface area (Å²) in [6, 6.07) is 9.26. The Bertz CT molecular complexity index is 1500. The molecule has 6 nitrogen and oxygen atoms in total. The van der Waals surface area contributed by atoms with Crippen molar-refractivity contribution in [3.63, 3.8) is 0 Å². The van der Waals surface area contributed by atoms with E-state index in [-0.39, 0.29) is 26.7 Å². The number of hydrazine groups is 1. The zero-order valence-electron chi connectivity index (χ0n) is 19.0. The van der Waals surface area contributed by atoms with E-state index >= 15 is 0 Å². The maximum Gasteiger partial charge on any atom is 0.282 e. The van der Waals surface area contributed by atoms with Crippen molar-refractivity contribution >= 4 is 110 Å². The van der Waals surface area contributed by atoms with Gasteiger partial charge in [-0.3, -0.25) is 19.2 Å². The highest BCUT2D eigenvalue weighted by molar-refractivity contribution is 9.15. The topological polar surface area (TPSA) is 74.8 Å². The maximum absolute atomic E-state index is 13.7. The Kier molecular flexibility index (Phi) is 8.38. The molecule has 3 amide bonds. The summed E-state index contributed by atoms with van der Waals surface area (Å²) in [5.41, 5.74) is 2.33. The summed E-state index contributed by atoms with van der Waals surface area (Å²) < 4.78 is 1.63. The summed E-state index contributed by atoms with van der Waals surface area (Å²) in [4.78, 5) is 54.3. The third-order valence-corrected chi connectivity index (χ3v) is 11.4. The molecule has 190 valence electrons. The first kappa shape index (κ1) is 28.4. The quantitative estimate of drug-likeness (QED) is 0.113. The zero-order chi connectivity index (χ0) is 27.3. The van der Waals surface area contributed by atoms with E-state index < -0.39 is 30.0 Å². The predicted molar refractivity (Wildman–Crippen MR) is 155 cm³/mol. The van der Waals surface area contributed by atoms with Gasteiger partial charge in [0, 0.05) is 29.0 Å². The van der Waals surface area contributed by atoms with Crippen molar-refractivity contribution in [1.82, 2.24) is 10.0 Å². The Labute approximate surface area is 255 Å². The van der Waals surface area contributed by atoms with Crippen LogP contribution in [-0.4, -0.2) is 40.1 Å². The van der Waals surface area contributed by atoms with Crippen LogP contribution in [-0.2, 0) is 0 Å². The molecule has 0 aliphatic carbocycles. The number of nitrogens with zero attached hydrogens (tertiary/aromatic N) is 2. The van der Waals surface area contributed by atoms with Crippen LogP contribution in [0.1, 0.15) is 52.6 Å².